The van der Waals surface area contributed by atoms with Crippen molar-refractivity contribution in [2.75, 3.05) is 13.2 Å². The monoisotopic (exact) mass is 804 g/mol. The molecular formula is C21H17F21N4O5. The number of aliphatic imine (C=N–C) groups is 1. The van der Waals surface area contributed by atoms with Gasteiger partial charge in [0, 0.05) is 6.54 Å². The molecule has 1 atom stereocenters. The van der Waals surface area contributed by atoms with Gasteiger partial charge in [-0.25, -0.2) is 9.69 Å². The number of esters is 1. The molecule has 0 heterocycles. The van der Waals surface area contributed by atoms with Crippen molar-refractivity contribution < 1.29 is 116 Å². The fourth-order valence-corrected chi connectivity index (χ4v) is 3.39. The van der Waals surface area contributed by atoms with Crippen molar-refractivity contribution >= 4 is 29.5 Å². The van der Waals surface area contributed by atoms with Crippen molar-refractivity contribution in [3.63, 3.8) is 0 Å². The molecule has 0 spiro atoms. The third kappa shape index (κ3) is 7.96. The number of hydrogen-bond acceptors (Lipinski definition) is 6. The molecule has 30 heteroatoms. The minimum atomic E-state index is -8.23. The Morgan fingerprint density at radius 1 is 0.588 bits per heavy atom. The van der Waals surface area contributed by atoms with Crippen LogP contribution in [0.3, 0.4) is 0 Å². The summed E-state index contributed by atoms with van der Waals surface area (Å²) in [7, 11) is 0. The molecule has 0 radical (unpaired) electrons. The lowest BCUT2D eigenvalue weighted by Crippen LogP contribution is -2.77. The molecular weight excluding hydrogens is 787 g/mol. The summed E-state index contributed by atoms with van der Waals surface area (Å²) in [5, 5.41) is 0. The first-order valence-electron chi connectivity index (χ1n) is 12.4. The minimum Gasteiger partial charge on any atom is -0.464 e. The number of hydrogen-bond donors (Lipinski definition) is 2. The Balaban J connectivity index is 9.01. The first-order chi connectivity index (χ1) is 22.2. The number of ether oxygens (including phenoxy) is 1. The molecule has 298 valence electrons. The molecule has 0 saturated carbocycles. The molecule has 0 aromatic carbocycles. The topological polar surface area (TPSA) is 145 Å². The zero-order valence-corrected chi connectivity index (χ0v) is 24.1. The van der Waals surface area contributed by atoms with Crippen LogP contribution in [-0.4, -0.2) is 107 Å². The first-order valence-corrected chi connectivity index (χ1v) is 12.4. The van der Waals surface area contributed by atoms with E-state index in [-0.39, 0.29) is 0 Å². The van der Waals surface area contributed by atoms with Gasteiger partial charge >= 0.3 is 71.8 Å². The zero-order chi connectivity index (χ0) is 41.4. The van der Waals surface area contributed by atoms with E-state index in [9.17, 15) is 111 Å². The highest BCUT2D eigenvalue weighted by atomic mass is 19.4. The number of carbonyl (C=O) groups excluding carboxylic acids is 4. The summed E-state index contributed by atoms with van der Waals surface area (Å²) in [6.07, 6.45) is -29.7. The molecule has 0 aliphatic heterocycles. The zero-order valence-electron chi connectivity index (χ0n) is 24.1. The minimum absolute atomic E-state index is 0.756. The summed E-state index contributed by atoms with van der Waals surface area (Å²) in [5.74, 6) is -70.0. The average molecular weight is 804 g/mol. The highest BCUT2D eigenvalue weighted by molar-refractivity contribution is 6.19. The number of Topliss-reactive ketones (excluding diaryl/α,β-unsaturated/α-hetero) is 1. The van der Waals surface area contributed by atoms with Gasteiger partial charge in [0.15, 0.2) is 5.96 Å². The maximum Gasteiger partial charge on any atom is 0.460 e. The van der Waals surface area contributed by atoms with Gasteiger partial charge in [0.2, 0.25) is 11.3 Å². The van der Waals surface area contributed by atoms with Crippen LogP contribution in [0.5, 0.6) is 0 Å². The number of halogens is 21. The Bertz CT molecular complexity index is 1300. The molecule has 0 rings (SSSR count). The van der Waals surface area contributed by atoms with Gasteiger partial charge in [-0.15, -0.1) is 0 Å². The highest BCUT2D eigenvalue weighted by Crippen LogP contribution is 2.54. The fraction of sp³-hybridized carbons (Fsp3) is 0.762. The molecule has 9 nitrogen and oxygen atoms in total. The first kappa shape index (κ1) is 47.1. The molecule has 0 aliphatic carbocycles. The second-order valence-corrected chi connectivity index (χ2v) is 9.62. The second kappa shape index (κ2) is 14.2. The van der Waals surface area contributed by atoms with Gasteiger partial charge in [-0.2, -0.15) is 92.2 Å². The Morgan fingerprint density at radius 3 is 1.22 bits per heavy atom. The van der Waals surface area contributed by atoms with Gasteiger partial charge in [0.25, 0.3) is 0 Å². The Kier molecular flexibility index (Phi) is 13.1. The van der Waals surface area contributed by atoms with Crippen molar-refractivity contribution in [1.82, 2.24) is 4.90 Å². The van der Waals surface area contributed by atoms with Crippen molar-refractivity contribution in [2.45, 2.75) is 85.8 Å². The summed E-state index contributed by atoms with van der Waals surface area (Å²) >= 11 is 0. The molecule has 0 aromatic rings. The normalized spacial score (nSPS) is 15.5. The molecule has 1 unspecified atom stereocenters. The quantitative estimate of drug-likeness (QED) is 0.0582. The number of imide groups is 1. The number of alkyl halides is 21. The van der Waals surface area contributed by atoms with Crippen molar-refractivity contribution in [1.29, 1.82) is 0 Å². The van der Waals surface area contributed by atoms with Crippen LogP contribution >= 0.6 is 0 Å². The van der Waals surface area contributed by atoms with E-state index in [0.29, 0.717) is 0 Å². The van der Waals surface area contributed by atoms with E-state index in [1.807, 2.05) is 0 Å². The van der Waals surface area contributed by atoms with Gasteiger partial charge in [0.05, 0.1) is 6.61 Å². The standard InChI is InChI=1S/C21H17F21N4O5/c1-2-6-51-10(50)12(4-3-5-45-11(43)44,7(47)13(22,23)16(28,29)19(34,35)36)46(8(48)14(24,25)17(30,31)20(37,38)39)9(49)15(26,27)18(32,33)21(40,41)42/h2-6H2,1H3,(H4,43,44,45). The van der Waals surface area contributed by atoms with Gasteiger partial charge in [-0.1, -0.05) is 6.92 Å². The van der Waals surface area contributed by atoms with E-state index < -0.39 is 126 Å². The van der Waals surface area contributed by atoms with Gasteiger partial charge in [-0.05, 0) is 19.3 Å². The van der Waals surface area contributed by atoms with Crippen LogP contribution in [-0.2, 0) is 23.9 Å². The SMILES string of the molecule is CCCOC(=O)C(CCCN=C(N)N)(C(=O)C(F)(F)C(F)(F)C(F)(F)F)N(C(=O)C(F)(F)C(F)(F)C(F)(F)F)C(=O)C(F)(F)C(F)(F)C(F)(F)F. The van der Waals surface area contributed by atoms with E-state index in [0.717, 1.165) is 6.92 Å². The lowest BCUT2D eigenvalue weighted by molar-refractivity contribution is -0.352. The summed E-state index contributed by atoms with van der Waals surface area (Å²) in [4.78, 5) is 50.4. The summed E-state index contributed by atoms with van der Waals surface area (Å²) < 4.78 is 292. The van der Waals surface area contributed by atoms with Crippen molar-refractivity contribution in [3.05, 3.63) is 0 Å². The summed E-state index contributed by atoms with van der Waals surface area (Å²) in [5.41, 5.74) is 3.12. The van der Waals surface area contributed by atoms with E-state index in [1.54, 1.807) is 0 Å². The molecule has 0 aromatic heterocycles. The maximum absolute atomic E-state index is 14.9. The summed E-state index contributed by atoms with van der Waals surface area (Å²) in [6.45, 7) is -2.53. The smallest absolute Gasteiger partial charge is 0.460 e. The molecule has 51 heavy (non-hydrogen) atoms. The number of nitrogens with two attached hydrogens (primary N) is 2. The predicted molar refractivity (Wildman–Crippen MR) is 119 cm³/mol. The predicted octanol–water partition coefficient (Wildman–Crippen LogP) is 5.16. The highest BCUT2D eigenvalue weighted by Gasteiger charge is 2.85. The lowest BCUT2D eigenvalue weighted by atomic mass is 9.80. The van der Waals surface area contributed by atoms with Crippen LogP contribution in [0, 0.1) is 0 Å². The number of amides is 2. The largest absolute Gasteiger partial charge is 0.464 e. The molecule has 2 amide bonds. The van der Waals surface area contributed by atoms with Gasteiger partial charge in [-0.3, -0.25) is 19.4 Å². The molecule has 0 aliphatic rings. The van der Waals surface area contributed by atoms with Crippen LogP contribution in [0.4, 0.5) is 92.2 Å². The van der Waals surface area contributed by atoms with Crippen molar-refractivity contribution in [3.8, 4) is 0 Å². The molecule has 0 fully saturated rings. The average Bonchev–Trinajstić information content (AvgIpc) is 2.94. The molecule has 4 N–H and O–H groups in total. The van der Waals surface area contributed by atoms with Gasteiger partial charge < -0.3 is 16.2 Å². The molecule has 0 saturated heterocycles. The number of ketones is 1. The van der Waals surface area contributed by atoms with Crippen LogP contribution in [0.25, 0.3) is 0 Å². The maximum atomic E-state index is 14.9. The second-order valence-electron chi connectivity index (χ2n) is 9.62. The van der Waals surface area contributed by atoms with E-state index in [4.69, 9.17) is 11.5 Å². The third-order valence-corrected chi connectivity index (χ3v) is 6.00. The lowest BCUT2D eigenvalue weighted by Gasteiger charge is -2.44. The van der Waals surface area contributed by atoms with E-state index >= 15 is 0 Å². The number of guanidine groups is 1. The Labute approximate surface area is 267 Å². The van der Waals surface area contributed by atoms with E-state index in [1.165, 1.54) is 0 Å². The van der Waals surface area contributed by atoms with Crippen LogP contribution in [0.15, 0.2) is 4.99 Å². The number of nitrogens with zero attached hydrogens (tertiary/aromatic N) is 2. The van der Waals surface area contributed by atoms with Crippen LogP contribution < -0.4 is 11.5 Å². The van der Waals surface area contributed by atoms with Crippen LogP contribution in [0.1, 0.15) is 26.2 Å². The van der Waals surface area contributed by atoms with Crippen LogP contribution in [0.2, 0.25) is 0 Å². The molecule has 0 bridgehead atoms. The Morgan fingerprint density at radius 2 is 0.922 bits per heavy atom. The fourth-order valence-electron chi connectivity index (χ4n) is 3.39. The number of rotatable bonds is 15. The third-order valence-electron chi connectivity index (χ3n) is 6.00. The van der Waals surface area contributed by atoms with E-state index in [2.05, 4.69) is 9.73 Å². The number of carbonyl (C=O) groups is 4. The van der Waals surface area contributed by atoms with Gasteiger partial charge in [0.1, 0.15) is 0 Å². The van der Waals surface area contributed by atoms with Crippen molar-refractivity contribution in [2.24, 2.45) is 16.5 Å². The summed E-state index contributed by atoms with van der Waals surface area (Å²) in [6, 6.07) is 0. The Hall–Kier alpha value is -3.92.